The van der Waals surface area contributed by atoms with Gasteiger partial charge in [-0.1, -0.05) is 98.3 Å². The van der Waals surface area contributed by atoms with E-state index in [4.69, 9.17) is 34.7 Å². The van der Waals surface area contributed by atoms with Crippen molar-refractivity contribution in [2.45, 2.75) is 57.4 Å². The molecule has 0 atom stereocenters. The molecule has 0 aliphatic rings. The molecule has 0 saturated heterocycles. The van der Waals surface area contributed by atoms with Crippen LogP contribution in [0.5, 0.6) is 0 Å². The van der Waals surface area contributed by atoms with Gasteiger partial charge in [-0.2, -0.15) is 0 Å². The number of hydrogen-bond donors (Lipinski definition) is 2. The van der Waals surface area contributed by atoms with Crippen molar-refractivity contribution in [2.24, 2.45) is 0 Å². The number of fused-ring (bicyclic) bond motifs is 4. The van der Waals surface area contributed by atoms with Gasteiger partial charge in [-0.05, 0) is 100 Å². The van der Waals surface area contributed by atoms with Crippen LogP contribution >= 0.6 is 68.5 Å². The number of anilines is 4. The van der Waals surface area contributed by atoms with E-state index in [1.165, 1.54) is 45.4 Å². The predicted octanol–water partition coefficient (Wildman–Crippen LogP) is 12.7. The molecule has 64 heavy (non-hydrogen) atoms. The molecule has 0 unspecified atom stereocenters. The monoisotopic (exact) mass is 978 g/mol. The lowest BCUT2D eigenvalue weighted by molar-refractivity contribution is 0.955. The third kappa shape index (κ3) is 12.0. The molecule has 0 radical (unpaired) electrons. The molecule has 4 N–H and O–H groups in total. The summed E-state index contributed by atoms with van der Waals surface area (Å²) in [6.07, 6.45) is 0. The predicted molar refractivity (Wildman–Crippen MR) is 282 cm³/mol. The molecule has 0 aliphatic heterocycles. The average molecular weight is 980 g/mol. The van der Waals surface area contributed by atoms with E-state index in [0.717, 1.165) is 63.3 Å². The van der Waals surface area contributed by atoms with Gasteiger partial charge in [0.15, 0.2) is 20.5 Å². The molecule has 10 rings (SSSR count). The number of aromatic nitrogens is 10. The lowest BCUT2D eigenvalue weighted by Crippen LogP contribution is -2.09. The molecule has 0 bridgehead atoms. The molecule has 20 heteroatoms. The molecule has 14 nitrogen and oxygen atoms in total. The van der Waals surface area contributed by atoms with Gasteiger partial charge in [-0.25, -0.2) is 39.9 Å². The molecule has 0 aliphatic carbocycles. The summed E-state index contributed by atoms with van der Waals surface area (Å²) >= 11 is 17.5. The van der Waals surface area contributed by atoms with Crippen LogP contribution in [0.25, 0.3) is 51.7 Å². The van der Waals surface area contributed by atoms with Crippen LogP contribution in [0.3, 0.4) is 0 Å². The fourth-order valence-electron chi connectivity index (χ4n) is 5.84. The van der Waals surface area contributed by atoms with Gasteiger partial charge < -0.3 is 21.3 Å². The maximum Gasteiger partial charge on any atom is 0.196 e. The van der Waals surface area contributed by atoms with E-state index >= 15 is 0 Å². The van der Waals surface area contributed by atoms with Crippen LogP contribution in [-0.2, 0) is 0 Å². The van der Waals surface area contributed by atoms with Crippen molar-refractivity contribution in [3.05, 3.63) is 106 Å². The SMILES string of the molecule is C.C.C.C.CN(C)c1ccc2nc(N)sc2n1.Cc1ccc(C)n1-c1nc2ccc(Cl)nc2s1.Cc1ccc(C)n1-c1nc2ccc(N(C)C)nc2s1.Nc1nc2ccc(Cl)nc2s1. The van der Waals surface area contributed by atoms with E-state index < -0.39 is 0 Å². The van der Waals surface area contributed by atoms with Crippen molar-refractivity contribution in [1.82, 2.24) is 49.0 Å². The molecule has 0 spiro atoms. The van der Waals surface area contributed by atoms with Crippen LogP contribution in [0, 0.1) is 27.7 Å². The second kappa shape index (κ2) is 22.4. The summed E-state index contributed by atoms with van der Waals surface area (Å²) in [6, 6.07) is 23.5. The molecule has 10 aromatic rings. The highest BCUT2D eigenvalue weighted by Gasteiger charge is 2.13. The number of nitrogen functional groups attached to an aromatic ring is 2. The van der Waals surface area contributed by atoms with Crippen LogP contribution in [0.15, 0.2) is 72.8 Å². The Morgan fingerprint density at radius 1 is 0.406 bits per heavy atom. The fourth-order valence-corrected chi connectivity index (χ4v) is 9.76. The molecule has 340 valence electrons. The molecule has 0 fully saturated rings. The van der Waals surface area contributed by atoms with Gasteiger partial charge >= 0.3 is 0 Å². The number of rotatable bonds is 4. The minimum atomic E-state index is 0. The van der Waals surface area contributed by atoms with Gasteiger partial charge in [-0.3, -0.25) is 9.13 Å². The van der Waals surface area contributed by atoms with Crippen LogP contribution in [0.2, 0.25) is 10.3 Å². The van der Waals surface area contributed by atoms with Gasteiger partial charge in [0, 0.05) is 51.0 Å². The van der Waals surface area contributed by atoms with Gasteiger partial charge in [0.2, 0.25) is 0 Å². The van der Waals surface area contributed by atoms with E-state index in [9.17, 15) is 0 Å². The second-order valence-electron chi connectivity index (χ2n) is 13.7. The fraction of sp³-hybridized carbons (Fsp3) is 0.273. The summed E-state index contributed by atoms with van der Waals surface area (Å²) in [6.45, 7) is 8.33. The maximum atomic E-state index is 5.88. The number of hydrogen-bond acceptors (Lipinski definition) is 16. The average Bonchev–Trinajstić information content (AvgIpc) is 4.06. The first-order valence-corrected chi connectivity index (χ1v) is 22.2. The first kappa shape index (κ1) is 52.8. The van der Waals surface area contributed by atoms with Crippen LogP contribution in [0.1, 0.15) is 52.5 Å². The third-order valence-electron chi connectivity index (χ3n) is 8.78. The summed E-state index contributed by atoms with van der Waals surface area (Å²) in [5.41, 5.74) is 19.3. The normalized spacial score (nSPS) is 10.3. The van der Waals surface area contributed by atoms with Gasteiger partial charge in [0.25, 0.3) is 0 Å². The smallest absolute Gasteiger partial charge is 0.196 e. The molecule has 10 aromatic heterocycles. The van der Waals surface area contributed by atoms with Crippen molar-refractivity contribution in [2.75, 3.05) is 49.5 Å². The van der Waals surface area contributed by atoms with Crippen molar-refractivity contribution in [3.63, 3.8) is 0 Å². The first-order valence-electron chi connectivity index (χ1n) is 18.2. The van der Waals surface area contributed by atoms with Crippen molar-refractivity contribution in [1.29, 1.82) is 0 Å². The van der Waals surface area contributed by atoms with Crippen LogP contribution in [0.4, 0.5) is 21.9 Å². The Labute approximate surface area is 401 Å². The molecule has 0 amide bonds. The Bertz CT molecular complexity index is 3050. The van der Waals surface area contributed by atoms with E-state index in [-0.39, 0.29) is 29.7 Å². The maximum absolute atomic E-state index is 5.88. The highest BCUT2D eigenvalue weighted by molar-refractivity contribution is 7.22. The number of nitrogens with zero attached hydrogens (tertiary/aromatic N) is 12. The lowest BCUT2D eigenvalue weighted by Gasteiger charge is -2.09. The summed E-state index contributed by atoms with van der Waals surface area (Å²) in [5, 5.41) is 4.00. The molecular formula is C44H56Cl2N14S4. The molecule has 0 aromatic carbocycles. The van der Waals surface area contributed by atoms with Crippen LogP contribution < -0.4 is 21.3 Å². The Balaban J connectivity index is 0.000000226. The Kier molecular flexibility index (Phi) is 18.5. The van der Waals surface area contributed by atoms with E-state index in [1.54, 1.807) is 40.9 Å². The van der Waals surface area contributed by atoms with Crippen molar-refractivity contribution < 1.29 is 0 Å². The standard InChI is InChI=1S/C14H16N4S.C12H10ClN3S.C8H10N4S.C6H4ClN3S.4CH4/c1-9-5-6-10(2)18(9)14-15-11-7-8-12(17(3)4)16-13(11)19-14;1-7-3-4-8(2)16(7)12-14-9-5-6-10(13)15-11(9)17-12;1-12(2)6-4-3-5-7(11-6)13-8(9)10-5;7-4-2-1-3-5(10-4)11-6(8)9-3;;;;/h5-8H,1-4H3;3-6H,1-2H3;3-4H,1-2H3,(H2,9,10);1-2H,(H2,8,9);4*1H4. The number of thiazole rings is 4. The highest BCUT2D eigenvalue weighted by atomic mass is 35.5. The number of pyridine rings is 4. The zero-order chi connectivity index (χ0) is 42.8. The Morgan fingerprint density at radius 2 is 0.703 bits per heavy atom. The minimum Gasteiger partial charge on any atom is -0.375 e. The van der Waals surface area contributed by atoms with Gasteiger partial charge in [0.1, 0.15) is 63.3 Å². The quantitative estimate of drug-likeness (QED) is 0.160. The minimum absolute atomic E-state index is 0. The summed E-state index contributed by atoms with van der Waals surface area (Å²) in [4.78, 5) is 42.2. The van der Waals surface area contributed by atoms with Crippen molar-refractivity contribution >= 4 is 132 Å². The second-order valence-corrected chi connectivity index (χ2v) is 18.4. The van der Waals surface area contributed by atoms with E-state index in [2.05, 4.69) is 101 Å². The van der Waals surface area contributed by atoms with E-state index in [0.29, 0.717) is 20.6 Å². The Morgan fingerprint density at radius 3 is 1.06 bits per heavy atom. The van der Waals surface area contributed by atoms with Gasteiger partial charge in [-0.15, -0.1) is 0 Å². The topological polar surface area (TPSA) is 172 Å². The zero-order valence-electron chi connectivity index (χ0n) is 33.8. The zero-order valence-corrected chi connectivity index (χ0v) is 38.6. The summed E-state index contributed by atoms with van der Waals surface area (Å²) < 4.78 is 4.29. The third-order valence-corrected chi connectivity index (χ3v) is 12.7. The summed E-state index contributed by atoms with van der Waals surface area (Å²) in [5.74, 6) is 1.89. The lowest BCUT2D eigenvalue weighted by atomic mass is 10.4. The highest BCUT2D eigenvalue weighted by Crippen LogP contribution is 2.29. The molecular weight excluding hydrogens is 924 g/mol. The van der Waals surface area contributed by atoms with Crippen molar-refractivity contribution in [3.8, 4) is 10.3 Å². The van der Waals surface area contributed by atoms with Crippen LogP contribution in [-0.4, -0.2) is 77.2 Å². The van der Waals surface area contributed by atoms with Gasteiger partial charge in [0.05, 0.1) is 0 Å². The van der Waals surface area contributed by atoms with E-state index in [1.807, 2.05) is 68.3 Å². The number of nitrogens with two attached hydrogens (primary N) is 2. The largest absolute Gasteiger partial charge is 0.375 e. The Hall–Kier alpha value is -5.50. The molecule has 10 heterocycles. The first-order chi connectivity index (χ1) is 28.6. The summed E-state index contributed by atoms with van der Waals surface area (Å²) in [7, 11) is 7.91. The number of aryl methyl sites for hydroxylation is 4. The molecule has 0 saturated carbocycles. The number of halogens is 2.